The third kappa shape index (κ3) is 4.89. The number of aliphatic hydroxyl groups is 3. The lowest BCUT2D eigenvalue weighted by Gasteiger charge is -2.50. The largest absolute Gasteiger partial charge is 0.510 e. The van der Waals surface area contributed by atoms with Gasteiger partial charge in [-0.3, -0.25) is 19.3 Å². The second-order valence-electron chi connectivity index (χ2n) is 12.6. The van der Waals surface area contributed by atoms with Crippen LogP contribution in [0.3, 0.4) is 0 Å². The lowest BCUT2D eigenvalue weighted by molar-refractivity contribution is -0.148. The molecule has 0 heterocycles. The van der Waals surface area contributed by atoms with E-state index in [1.807, 2.05) is 18.2 Å². The van der Waals surface area contributed by atoms with Gasteiger partial charge in [-0.2, -0.15) is 13.2 Å². The van der Waals surface area contributed by atoms with Crippen molar-refractivity contribution in [1.82, 2.24) is 10.2 Å². The van der Waals surface area contributed by atoms with Crippen LogP contribution >= 0.6 is 0 Å². The molecule has 0 spiro atoms. The summed E-state index contributed by atoms with van der Waals surface area (Å²) in [5, 5.41) is 48.0. The fraction of sp³-hybridized carbons (Fsp3) is 0.406. The molecule has 3 aliphatic rings. The van der Waals surface area contributed by atoms with Crippen molar-refractivity contribution < 1.29 is 48.0 Å². The van der Waals surface area contributed by atoms with Gasteiger partial charge in [-0.1, -0.05) is 30.3 Å². The summed E-state index contributed by atoms with van der Waals surface area (Å²) in [7, 11) is 2.92. The first-order chi connectivity index (χ1) is 20.8. The van der Waals surface area contributed by atoms with Crippen molar-refractivity contribution in [1.29, 1.82) is 0 Å². The maximum Gasteiger partial charge on any atom is 0.417 e. The standard InChI is InChI=1S/C32H34F3N3O7/c1-30(2,16-8-6-5-7-9-16)37-13-15-12-19(39)21-17(23(15)32(33,34)35)10-14-11-18-24(38(3)4)26(41)22(29(36)44)28(43)31(18,45)27(42)20(14)25(21)40/h5-9,12,14,18,24,37,39,41-42,45H,10-11,13H2,1-4H3,(H2,36,44)/t14-,18-,24-,31-/m0/s1. The summed E-state index contributed by atoms with van der Waals surface area (Å²) < 4.78 is 44.4. The number of amides is 1. The molecule has 240 valence electrons. The van der Waals surface area contributed by atoms with Gasteiger partial charge in [-0.15, -0.1) is 0 Å². The number of nitrogens with zero attached hydrogens (tertiary/aromatic N) is 1. The molecule has 4 atom stereocenters. The molecule has 2 aromatic carbocycles. The maximum absolute atomic E-state index is 14.8. The molecule has 10 nitrogen and oxygen atoms in total. The molecule has 2 aromatic rings. The highest BCUT2D eigenvalue weighted by Crippen LogP contribution is 2.54. The number of fused-ring (bicyclic) bond motifs is 3. The second-order valence-corrected chi connectivity index (χ2v) is 12.6. The highest BCUT2D eigenvalue weighted by atomic mass is 19.4. The molecule has 0 aliphatic heterocycles. The summed E-state index contributed by atoms with van der Waals surface area (Å²) >= 11 is 0. The minimum atomic E-state index is -4.95. The first kappa shape index (κ1) is 32.2. The number of nitrogens with one attached hydrogen (secondary N) is 1. The maximum atomic E-state index is 14.8. The molecule has 3 aliphatic carbocycles. The Bertz CT molecular complexity index is 1680. The number of aromatic hydroxyl groups is 1. The zero-order chi connectivity index (χ0) is 33.4. The lowest BCUT2D eigenvalue weighted by Crippen LogP contribution is -2.63. The Hall–Kier alpha value is -4.20. The van der Waals surface area contributed by atoms with E-state index in [0.717, 1.165) is 11.6 Å². The number of hydrogen-bond donors (Lipinski definition) is 6. The Balaban J connectivity index is 1.65. The van der Waals surface area contributed by atoms with Crippen LogP contribution in [-0.4, -0.2) is 68.5 Å². The molecule has 7 N–H and O–H groups in total. The number of hydrogen-bond acceptors (Lipinski definition) is 9. The van der Waals surface area contributed by atoms with Crippen molar-refractivity contribution >= 4 is 17.5 Å². The topological polar surface area (TPSA) is 173 Å². The van der Waals surface area contributed by atoms with E-state index < -0.39 is 104 Å². The molecule has 0 unspecified atom stereocenters. The molecule has 0 saturated heterocycles. The quantitative estimate of drug-likeness (QED) is 0.263. The molecule has 0 bridgehead atoms. The number of ketones is 2. The van der Waals surface area contributed by atoms with Gasteiger partial charge >= 0.3 is 6.18 Å². The van der Waals surface area contributed by atoms with E-state index in [1.165, 1.54) is 19.0 Å². The van der Waals surface area contributed by atoms with Crippen LogP contribution in [0.4, 0.5) is 13.2 Å². The number of Topliss-reactive ketones (excluding diaryl/α,β-unsaturated/α-hetero) is 2. The minimum Gasteiger partial charge on any atom is -0.510 e. The van der Waals surface area contributed by atoms with Gasteiger partial charge in [0.05, 0.1) is 17.2 Å². The van der Waals surface area contributed by atoms with Crippen molar-refractivity contribution in [2.24, 2.45) is 17.6 Å². The van der Waals surface area contributed by atoms with Gasteiger partial charge in [0.1, 0.15) is 22.8 Å². The van der Waals surface area contributed by atoms with Crippen LogP contribution in [0, 0.1) is 11.8 Å². The second kappa shape index (κ2) is 10.7. The Morgan fingerprint density at radius 2 is 1.73 bits per heavy atom. The number of benzene rings is 2. The SMILES string of the molecule is CN(C)[C@@H]1C(O)=C(C(N)=O)C(=O)[C@@]2(O)C(O)=C3C(=O)c4c(O)cc(CNC(C)(C)c5ccccc5)c(C(F)(F)F)c4C[C@H]3C[C@@H]12. The van der Waals surface area contributed by atoms with Crippen LogP contribution in [0.15, 0.2) is 59.1 Å². The zero-order valence-corrected chi connectivity index (χ0v) is 25.0. The summed E-state index contributed by atoms with van der Waals surface area (Å²) in [5.74, 6) is -9.17. The van der Waals surface area contributed by atoms with Crippen LogP contribution in [0.5, 0.6) is 5.75 Å². The number of alkyl halides is 3. The summed E-state index contributed by atoms with van der Waals surface area (Å²) in [6, 6.07) is 8.64. The van der Waals surface area contributed by atoms with Crippen molar-refractivity contribution in [2.75, 3.05) is 14.1 Å². The Labute approximate surface area is 256 Å². The van der Waals surface area contributed by atoms with Gasteiger partial charge in [0, 0.05) is 23.6 Å². The number of phenols is 1. The van der Waals surface area contributed by atoms with Crippen molar-refractivity contribution in [2.45, 2.75) is 56.6 Å². The van der Waals surface area contributed by atoms with E-state index >= 15 is 0 Å². The van der Waals surface area contributed by atoms with Crippen molar-refractivity contribution in [3.05, 3.63) is 86.9 Å². The summed E-state index contributed by atoms with van der Waals surface area (Å²) in [4.78, 5) is 40.7. The zero-order valence-electron chi connectivity index (χ0n) is 25.0. The number of aliphatic hydroxyl groups excluding tert-OH is 2. The number of likely N-dealkylation sites (N-methyl/N-ethyl adjacent to an activating group) is 1. The van der Waals surface area contributed by atoms with Crippen LogP contribution < -0.4 is 11.1 Å². The molecule has 0 fully saturated rings. The highest BCUT2D eigenvalue weighted by molar-refractivity contribution is 6.24. The van der Waals surface area contributed by atoms with Crippen LogP contribution in [-0.2, 0) is 34.3 Å². The van der Waals surface area contributed by atoms with Crippen LogP contribution in [0.2, 0.25) is 0 Å². The van der Waals surface area contributed by atoms with Crippen molar-refractivity contribution in [3.8, 4) is 5.75 Å². The van der Waals surface area contributed by atoms with Gasteiger partial charge in [0.15, 0.2) is 11.4 Å². The Morgan fingerprint density at radius 1 is 1.11 bits per heavy atom. The first-order valence-electron chi connectivity index (χ1n) is 14.2. The average molecular weight is 630 g/mol. The van der Waals surface area contributed by atoms with E-state index in [1.54, 1.807) is 26.0 Å². The van der Waals surface area contributed by atoms with Crippen LogP contribution in [0.25, 0.3) is 0 Å². The molecule has 0 saturated carbocycles. The molecule has 1 amide bonds. The summed E-state index contributed by atoms with van der Waals surface area (Å²) in [6.07, 6.45) is -5.75. The lowest BCUT2D eigenvalue weighted by atomic mass is 9.58. The Morgan fingerprint density at radius 3 is 2.29 bits per heavy atom. The molecule has 5 rings (SSSR count). The Kier molecular flexibility index (Phi) is 7.66. The summed E-state index contributed by atoms with van der Waals surface area (Å²) in [6.45, 7) is 3.26. The molecule has 45 heavy (non-hydrogen) atoms. The van der Waals surface area contributed by atoms with Gasteiger partial charge in [-0.05, 0) is 69.5 Å². The van der Waals surface area contributed by atoms with Gasteiger partial charge in [0.25, 0.3) is 5.91 Å². The number of rotatable bonds is 6. The minimum absolute atomic E-state index is 0.301. The number of halogens is 3. The fourth-order valence-corrected chi connectivity index (χ4v) is 7.16. The van der Waals surface area contributed by atoms with Gasteiger partial charge in [-0.25, -0.2) is 0 Å². The van der Waals surface area contributed by atoms with Gasteiger partial charge < -0.3 is 31.5 Å². The van der Waals surface area contributed by atoms with Crippen LogP contribution in [0.1, 0.15) is 52.9 Å². The number of phenolic OH excluding ortho intramolecular Hbond substituents is 1. The smallest absolute Gasteiger partial charge is 0.417 e. The molecule has 0 radical (unpaired) electrons. The number of carbonyl (C=O) groups excluding carboxylic acids is 3. The van der Waals surface area contributed by atoms with E-state index in [9.17, 15) is 48.0 Å². The van der Waals surface area contributed by atoms with E-state index in [0.29, 0.717) is 0 Å². The molecular formula is C32H34F3N3O7. The fourth-order valence-electron chi connectivity index (χ4n) is 7.16. The van der Waals surface area contributed by atoms with E-state index in [4.69, 9.17) is 5.73 Å². The number of allylic oxidation sites excluding steroid dienone is 1. The average Bonchev–Trinajstić information content (AvgIpc) is 2.93. The summed E-state index contributed by atoms with van der Waals surface area (Å²) in [5.41, 5.74) is -1.62. The van der Waals surface area contributed by atoms with Crippen molar-refractivity contribution in [3.63, 3.8) is 0 Å². The molecule has 13 heteroatoms. The number of primary amides is 1. The van der Waals surface area contributed by atoms with E-state index in [-0.39, 0.29) is 18.5 Å². The number of carbonyl (C=O) groups is 3. The van der Waals surface area contributed by atoms with E-state index in [2.05, 4.69) is 5.32 Å². The third-order valence-electron chi connectivity index (χ3n) is 9.31. The molecule has 0 aromatic heterocycles. The molecular weight excluding hydrogens is 595 g/mol. The predicted molar refractivity (Wildman–Crippen MR) is 155 cm³/mol. The van der Waals surface area contributed by atoms with Gasteiger partial charge in [0.2, 0.25) is 5.78 Å². The monoisotopic (exact) mass is 629 g/mol. The third-order valence-corrected chi connectivity index (χ3v) is 9.31. The highest BCUT2D eigenvalue weighted by Gasteiger charge is 2.63. The number of nitrogens with two attached hydrogens (primary N) is 1. The predicted octanol–water partition coefficient (Wildman–Crippen LogP) is 3.16. The first-order valence-corrected chi connectivity index (χ1v) is 14.2. The normalized spacial score (nSPS) is 25.3.